The summed E-state index contributed by atoms with van der Waals surface area (Å²) in [6.07, 6.45) is 6.66. The van der Waals surface area contributed by atoms with Crippen LogP contribution < -0.4 is 5.32 Å². The van der Waals surface area contributed by atoms with Gasteiger partial charge in [-0.05, 0) is 39.5 Å². The summed E-state index contributed by atoms with van der Waals surface area (Å²) in [6.45, 7) is 10.1. The van der Waals surface area contributed by atoms with Gasteiger partial charge >= 0.3 is 0 Å². The fourth-order valence-electron chi connectivity index (χ4n) is 3.85. The Morgan fingerprint density at radius 3 is 2.62 bits per heavy atom. The third kappa shape index (κ3) is 3.85. The summed E-state index contributed by atoms with van der Waals surface area (Å²) in [5.41, 5.74) is -2.38. The second-order valence-corrected chi connectivity index (χ2v) is 12.4. The van der Waals surface area contributed by atoms with Gasteiger partial charge in [0.1, 0.15) is 7.49 Å². The molecular weight excluding hydrogens is 325 g/mol. The van der Waals surface area contributed by atoms with Crippen LogP contribution in [0.15, 0.2) is 12.2 Å². The average Bonchev–Trinajstić information content (AvgIpc) is 2.66. The Morgan fingerprint density at radius 1 is 1.42 bits per heavy atom. The molecule has 3 N–H and O–H groups in total. The smallest absolute Gasteiger partial charge is 0.226 e. The first-order chi connectivity index (χ1) is 11.0. The van der Waals surface area contributed by atoms with Crippen molar-refractivity contribution in [2.24, 2.45) is 11.8 Å². The predicted molar refractivity (Wildman–Crippen MR) is 98.4 cm³/mol. The fourth-order valence-corrected chi connectivity index (χ4v) is 4.50. The van der Waals surface area contributed by atoms with E-state index in [1.165, 1.54) is 0 Å². The van der Waals surface area contributed by atoms with Gasteiger partial charge in [0.05, 0.1) is 49.8 Å². The van der Waals surface area contributed by atoms with Crippen LogP contribution in [-0.4, -0.2) is 60.0 Å². The molecule has 0 aromatic heterocycles. The zero-order valence-corrected chi connectivity index (χ0v) is 16.5. The van der Waals surface area contributed by atoms with Crippen LogP contribution in [0.4, 0.5) is 0 Å². The van der Waals surface area contributed by atoms with E-state index in [4.69, 9.17) is 4.52 Å². The van der Waals surface area contributed by atoms with Crippen molar-refractivity contribution >= 4 is 13.4 Å². The molecule has 1 aliphatic heterocycles. The molecule has 1 amide bonds. The van der Waals surface area contributed by atoms with E-state index < -0.39 is 30.7 Å². The van der Waals surface area contributed by atoms with Crippen molar-refractivity contribution in [1.82, 2.24) is 5.32 Å². The summed E-state index contributed by atoms with van der Waals surface area (Å²) >= 11 is 0. The number of carbonyl (C=O) groups is 1. The molecule has 1 fully saturated rings. The molecule has 0 aromatic rings. The van der Waals surface area contributed by atoms with E-state index in [0.29, 0.717) is 13.0 Å². The maximum atomic E-state index is 12.5. The van der Waals surface area contributed by atoms with Crippen LogP contribution in [0.2, 0.25) is 0 Å². The Labute approximate surface area is 146 Å². The monoisotopic (exact) mass is 358 g/mol. The first kappa shape index (κ1) is 19.8. The Balaban J connectivity index is 2.12. The van der Waals surface area contributed by atoms with Gasteiger partial charge in [-0.3, -0.25) is 4.79 Å². The molecule has 138 valence electrons. The van der Waals surface area contributed by atoms with Gasteiger partial charge in [-0.2, -0.15) is 0 Å². The van der Waals surface area contributed by atoms with Crippen LogP contribution in [0.3, 0.4) is 0 Å². The minimum atomic E-state index is -1.38. The maximum absolute atomic E-state index is 12.5. The number of nitrogens with one attached hydrogen (secondary N) is 1. The number of hydrogen-bond donors (Lipinski definition) is 3. The van der Waals surface area contributed by atoms with Crippen LogP contribution in [-0.2, 0) is 9.32 Å². The molecule has 0 unspecified atom stereocenters. The molecule has 2 rings (SSSR count). The molecule has 0 radical (unpaired) electrons. The molecule has 0 spiro atoms. The lowest BCUT2D eigenvalue weighted by Crippen LogP contribution is -2.63. The molecule has 1 saturated heterocycles. The van der Waals surface area contributed by atoms with Crippen LogP contribution in [0.5, 0.6) is 0 Å². The van der Waals surface area contributed by atoms with Crippen molar-refractivity contribution in [3.8, 4) is 0 Å². The summed E-state index contributed by atoms with van der Waals surface area (Å²) < 4.78 is 5.82. The molecule has 1 aliphatic carbocycles. The zero-order valence-electron chi connectivity index (χ0n) is 15.6. The lowest BCUT2D eigenvalue weighted by Gasteiger charge is -2.44. The number of amides is 1. The Bertz CT molecular complexity index is 500. The van der Waals surface area contributed by atoms with Crippen LogP contribution in [0.25, 0.3) is 0 Å². The van der Waals surface area contributed by atoms with Gasteiger partial charge in [0.25, 0.3) is 0 Å². The second kappa shape index (κ2) is 7.03. The van der Waals surface area contributed by atoms with Gasteiger partial charge in [-0.25, -0.2) is 4.52 Å². The third-order valence-corrected chi connectivity index (χ3v) is 6.56. The van der Waals surface area contributed by atoms with Crippen LogP contribution in [0, 0.1) is 11.8 Å². The SMILES string of the molecule is C[C@]1(O)[C@@H](CCO[P+](C)(C)C)C(=O)N[C@]1(C)[C@H](O)[C@@H]1C=CCCC1. The average molecular weight is 358 g/mol. The van der Waals surface area contributed by atoms with Gasteiger partial charge < -0.3 is 15.5 Å². The zero-order chi connectivity index (χ0) is 18.2. The van der Waals surface area contributed by atoms with Gasteiger partial charge in [-0.1, -0.05) is 12.2 Å². The third-order valence-electron chi connectivity index (χ3n) is 5.60. The molecule has 5 atom stereocenters. The largest absolute Gasteiger partial charge is 0.390 e. The highest BCUT2D eigenvalue weighted by Crippen LogP contribution is 2.49. The number of aliphatic hydroxyl groups excluding tert-OH is 1. The van der Waals surface area contributed by atoms with Crippen molar-refractivity contribution < 1.29 is 19.5 Å². The summed E-state index contributed by atoms with van der Waals surface area (Å²) in [5.74, 6) is -0.806. The fraction of sp³-hybridized carbons (Fsp3) is 0.833. The standard InChI is InChI=1S/C18H32NO4P/c1-17(15(20)13-9-7-6-8-10-13)18(2,22)14(16(21)19-17)11-12-23-24(3,4)5/h7,9,13-15,20,22H,6,8,10-12H2,1-5H3/p+1/t13-,14+,15-,17-,18+/m1/s1. The first-order valence-corrected chi connectivity index (χ1v) is 11.9. The van der Waals surface area contributed by atoms with Crippen molar-refractivity contribution in [3.63, 3.8) is 0 Å². The summed E-state index contributed by atoms with van der Waals surface area (Å²) in [5, 5.41) is 25.0. The lowest BCUT2D eigenvalue weighted by atomic mass is 9.69. The highest BCUT2D eigenvalue weighted by Gasteiger charge is 2.62. The first-order valence-electron chi connectivity index (χ1n) is 8.84. The van der Waals surface area contributed by atoms with E-state index in [2.05, 4.69) is 31.4 Å². The normalized spacial score (nSPS) is 38.2. The summed E-state index contributed by atoms with van der Waals surface area (Å²) in [7, 11) is -1.38. The van der Waals surface area contributed by atoms with Gasteiger partial charge in [0, 0.05) is 5.92 Å². The second-order valence-electron chi connectivity index (χ2n) is 8.37. The van der Waals surface area contributed by atoms with Crippen molar-refractivity contribution in [1.29, 1.82) is 0 Å². The van der Waals surface area contributed by atoms with E-state index in [9.17, 15) is 15.0 Å². The molecule has 0 saturated carbocycles. The van der Waals surface area contributed by atoms with Crippen LogP contribution >= 0.6 is 7.49 Å². The highest BCUT2D eigenvalue weighted by molar-refractivity contribution is 7.69. The number of carbonyl (C=O) groups excluding carboxylic acids is 1. The molecule has 2 aliphatic rings. The quantitative estimate of drug-likeness (QED) is 0.502. The molecule has 24 heavy (non-hydrogen) atoms. The van der Waals surface area contributed by atoms with E-state index in [0.717, 1.165) is 19.3 Å². The number of rotatable bonds is 6. The van der Waals surface area contributed by atoms with Crippen LogP contribution in [0.1, 0.15) is 39.5 Å². The number of hydrogen-bond acceptors (Lipinski definition) is 4. The minimum absolute atomic E-state index is 0.0361. The van der Waals surface area contributed by atoms with Crippen molar-refractivity contribution in [2.75, 3.05) is 26.6 Å². The van der Waals surface area contributed by atoms with E-state index in [-0.39, 0.29) is 11.8 Å². The van der Waals surface area contributed by atoms with Crippen molar-refractivity contribution in [2.45, 2.75) is 56.8 Å². The minimum Gasteiger partial charge on any atom is -0.390 e. The Hall–Kier alpha value is -0.480. The Morgan fingerprint density at radius 2 is 2.08 bits per heavy atom. The number of aliphatic hydroxyl groups is 2. The molecule has 0 aromatic carbocycles. The number of allylic oxidation sites excluding steroid dienone is 1. The highest BCUT2D eigenvalue weighted by atomic mass is 31.2. The predicted octanol–water partition coefficient (Wildman–Crippen LogP) is 2.19. The van der Waals surface area contributed by atoms with E-state index in [1.54, 1.807) is 13.8 Å². The molecular formula is C18H33NO4P+. The molecule has 1 heterocycles. The lowest BCUT2D eigenvalue weighted by molar-refractivity contribution is -0.126. The molecule has 6 heteroatoms. The summed E-state index contributed by atoms with van der Waals surface area (Å²) in [4.78, 5) is 12.5. The van der Waals surface area contributed by atoms with Gasteiger partial charge in [0.2, 0.25) is 5.91 Å². The van der Waals surface area contributed by atoms with Gasteiger partial charge in [0.15, 0.2) is 0 Å². The molecule has 5 nitrogen and oxygen atoms in total. The maximum Gasteiger partial charge on any atom is 0.226 e. The topological polar surface area (TPSA) is 78.8 Å². The van der Waals surface area contributed by atoms with E-state index >= 15 is 0 Å². The summed E-state index contributed by atoms with van der Waals surface area (Å²) in [6, 6.07) is 0. The Kier molecular flexibility index (Phi) is 5.81. The molecule has 0 bridgehead atoms. The van der Waals surface area contributed by atoms with Crippen molar-refractivity contribution in [3.05, 3.63) is 12.2 Å². The van der Waals surface area contributed by atoms with Gasteiger partial charge in [-0.15, -0.1) is 0 Å². The van der Waals surface area contributed by atoms with E-state index in [1.807, 2.05) is 6.08 Å².